The molecule has 2 N–H and O–H groups in total. The number of carboxylic acids is 1. The van der Waals surface area contributed by atoms with Crippen LogP contribution in [-0.4, -0.2) is 82.2 Å². The van der Waals surface area contributed by atoms with Gasteiger partial charge in [0.25, 0.3) is 0 Å². The van der Waals surface area contributed by atoms with Gasteiger partial charge in [0.1, 0.15) is 5.78 Å². The normalized spacial score (nSPS) is 19.3. The number of aliphatic carboxylic acids is 1. The van der Waals surface area contributed by atoms with Crippen molar-refractivity contribution >= 4 is 75.7 Å². The zero-order valence-electron chi connectivity index (χ0n) is 29.5. The van der Waals surface area contributed by atoms with Gasteiger partial charge in [0.15, 0.2) is 5.78 Å². The number of aryl methyl sites for hydroxylation is 1. The molecule has 276 valence electrons. The van der Waals surface area contributed by atoms with Gasteiger partial charge in [0, 0.05) is 72.5 Å². The van der Waals surface area contributed by atoms with Gasteiger partial charge in [-0.25, -0.2) is 0 Å². The molecule has 51 heavy (non-hydrogen) atoms. The zero-order chi connectivity index (χ0) is 36.8. The number of Topliss-reactive ketones (excluding diaryl/α,β-unsaturated/α-hetero) is 2. The summed E-state index contributed by atoms with van der Waals surface area (Å²) in [5.41, 5.74) is 3.91. The van der Waals surface area contributed by atoms with Crippen LogP contribution in [0, 0.1) is 11.8 Å². The minimum Gasteiger partial charge on any atom is -0.481 e. The molecule has 2 aromatic rings. The quantitative estimate of drug-likeness (QED) is 0.177. The fourth-order valence-corrected chi connectivity index (χ4v) is 8.47. The van der Waals surface area contributed by atoms with Gasteiger partial charge >= 0.3 is 5.97 Å². The van der Waals surface area contributed by atoms with Crippen LogP contribution in [0.2, 0.25) is 10.0 Å². The van der Waals surface area contributed by atoms with Crippen molar-refractivity contribution in [3.05, 3.63) is 57.6 Å². The molecule has 2 aliphatic heterocycles. The first kappa shape index (κ1) is 39.1. The standard InChI is InChI=1S/C38H48Cl2N4O6S/c1-23(36(47)41-25(3)35(46)17-24(2)38(49)50)16-29(45)9-5-4-8-26-18-31(40)27(19-30(26)39)20-42-22-51-21-34(42)37(48)44-15-14-43(28-12-13-28)32-10-6-7-11-33(32)44/h6-7,10-11,18-19,23-25,28,34H,4-5,8-9,12-17,20-22H2,1-3H3,(H,41,47)(H,49,50)/t23-,24-,25+,34-/m0/s1. The summed E-state index contributed by atoms with van der Waals surface area (Å²) in [5, 5.41) is 12.8. The molecule has 2 fully saturated rings. The maximum atomic E-state index is 14.0. The Bertz CT molecular complexity index is 1640. The summed E-state index contributed by atoms with van der Waals surface area (Å²) in [5.74, 6) is -1.75. The zero-order valence-corrected chi connectivity index (χ0v) is 31.9. The minimum absolute atomic E-state index is 0.0449. The molecule has 1 saturated carbocycles. The lowest BCUT2D eigenvalue weighted by atomic mass is 9.97. The van der Waals surface area contributed by atoms with E-state index in [2.05, 4.69) is 27.2 Å². The number of nitrogens with one attached hydrogen (secondary N) is 1. The van der Waals surface area contributed by atoms with E-state index in [4.69, 9.17) is 28.3 Å². The third-order valence-electron chi connectivity index (χ3n) is 10.1. The summed E-state index contributed by atoms with van der Waals surface area (Å²) in [6, 6.07) is 11.5. The molecule has 0 unspecified atom stereocenters. The van der Waals surface area contributed by atoms with E-state index in [-0.39, 0.29) is 36.4 Å². The van der Waals surface area contributed by atoms with Gasteiger partial charge in [0.2, 0.25) is 11.8 Å². The van der Waals surface area contributed by atoms with Gasteiger partial charge in [-0.05, 0) is 74.4 Å². The van der Waals surface area contributed by atoms with Crippen molar-refractivity contribution in [1.82, 2.24) is 10.2 Å². The summed E-state index contributed by atoms with van der Waals surface area (Å²) >= 11 is 15.3. The van der Waals surface area contributed by atoms with Crippen molar-refractivity contribution in [2.24, 2.45) is 11.8 Å². The fraction of sp³-hybridized carbons (Fsp3) is 0.553. The molecule has 1 saturated heterocycles. The molecule has 4 atom stereocenters. The van der Waals surface area contributed by atoms with Crippen LogP contribution in [0.15, 0.2) is 36.4 Å². The van der Waals surface area contributed by atoms with E-state index in [1.807, 2.05) is 29.2 Å². The number of para-hydroxylation sites is 2. The van der Waals surface area contributed by atoms with Crippen molar-refractivity contribution in [2.75, 3.05) is 34.5 Å². The number of carbonyl (C=O) groups excluding carboxylic acids is 4. The van der Waals surface area contributed by atoms with E-state index in [9.17, 15) is 24.0 Å². The van der Waals surface area contributed by atoms with Crippen LogP contribution in [0.3, 0.4) is 0 Å². The predicted molar refractivity (Wildman–Crippen MR) is 203 cm³/mol. The molecule has 10 nitrogen and oxygen atoms in total. The van der Waals surface area contributed by atoms with Crippen LogP contribution >= 0.6 is 35.0 Å². The Kier molecular flexibility index (Phi) is 13.5. The molecule has 13 heteroatoms. The van der Waals surface area contributed by atoms with Gasteiger partial charge < -0.3 is 20.2 Å². The number of anilines is 2. The molecule has 2 heterocycles. The molecule has 2 amide bonds. The summed E-state index contributed by atoms with van der Waals surface area (Å²) in [4.78, 5) is 69.0. The van der Waals surface area contributed by atoms with Gasteiger partial charge in [-0.3, -0.25) is 28.9 Å². The van der Waals surface area contributed by atoms with Gasteiger partial charge in [-0.1, -0.05) is 49.2 Å². The number of amides is 2. The smallest absolute Gasteiger partial charge is 0.306 e. The first-order chi connectivity index (χ1) is 24.3. The fourth-order valence-electron chi connectivity index (χ4n) is 6.76. The second kappa shape index (κ2) is 17.6. The maximum absolute atomic E-state index is 14.0. The molecule has 0 aromatic heterocycles. The average Bonchev–Trinajstić information content (AvgIpc) is 3.84. The lowest BCUT2D eigenvalue weighted by Gasteiger charge is -2.39. The Morgan fingerprint density at radius 1 is 0.922 bits per heavy atom. The number of benzene rings is 2. The van der Waals surface area contributed by atoms with Crippen molar-refractivity contribution in [3.8, 4) is 0 Å². The van der Waals surface area contributed by atoms with Crippen molar-refractivity contribution in [2.45, 2.75) is 96.8 Å². The monoisotopic (exact) mass is 758 g/mol. The number of thioether (sulfide) groups is 1. The SMILES string of the molecule is C[C@@H](CC(=O)[C@@H](C)NC(=O)[C@@H](C)CC(=O)CCCCc1cc(Cl)c(CN2CSC[C@H]2C(=O)N2CCN(C3CC3)c3ccccc32)cc1Cl)C(=O)O. The highest BCUT2D eigenvalue weighted by Gasteiger charge is 2.40. The molecule has 0 bridgehead atoms. The van der Waals surface area contributed by atoms with E-state index in [1.165, 1.54) is 26.7 Å². The average molecular weight is 760 g/mol. The highest BCUT2D eigenvalue weighted by Crippen LogP contribution is 2.41. The van der Waals surface area contributed by atoms with Gasteiger partial charge in [0.05, 0.1) is 29.4 Å². The number of unbranched alkanes of at least 4 members (excludes halogenated alkanes) is 1. The first-order valence-electron chi connectivity index (χ1n) is 17.9. The van der Waals surface area contributed by atoms with Crippen molar-refractivity contribution < 1.29 is 29.1 Å². The number of hydrogen-bond donors (Lipinski definition) is 2. The number of carbonyl (C=O) groups is 5. The largest absolute Gasteiger partial charge is 0.481 e. The number of rotatable bonds is 17. The Balaban J connectivity index is 1.08. The second-order valence-electron chi connectivity index (χ2n) is 14.2. The van der Waals surface area contributed by atoms with Gasteiger partial charge in [-0.2, -0.15) is 0 Å². The molecule has 0 spiro atoms. The summed E-state index contributed by atoms with van der Waals surface area (Å²) in [6.45, 7) is 6.65. The van der Waals surface area contributed by atoms with Gasteiger partial charge in [-0.15, -0.1) is 11.8 Å². The maximum Gasteiger partial charge on any atom is 0.306 e. The Labute approximate surface area is 314 Å². The number of nitrogens with zero attached hydrogens (tertiary/aromatic N) is 3. The van der Waals surface area contributed by atoms with Crippen LogP contribution < -0.4 is 15.1 Å². The van der Waals surface area contributed by atoms with Crippen LogP contribution in [0.4, 0.5) is 11.4 Å². The lowest BCUT2D eigenvalue weighted by molar-refractivity contribution is -0.143. The van der Waals surface area contributed by atoms with E-state index >= 15 is 0 Å². The molecule has 0 radical (unpaired) electrons. The highest BCUT2D eigenvalue weighted by molar-refractivity contribution is 7.99. The first-order valence-corrected chi connectivity index (χ1v) is 19.8. The predicted octanol–water partition coefficient (Wildman–Crippen LogP) is 6.38. The van der Waals surface area contributed by atoms with E-state index < -0.39 is 29.8 Å². The molecule has 3 aliphatic rings. The summed E-state index contributed by atoms with van der Waals surface area (Å²) in [6.07, 6.45) is 4.60. The number of halogens is 2. The van der Waals surface area contributed by atoms with Crippen LogP contribution in [0.1, 0.15) is 76.8 Å². The summed E-state index contributed by atoms with van der Waals surface area (Å²) in [7, 11) is 0. The summed E-state index contributed by atoms with van der Waals surface area (Å²) < 4.78 is 0. The van der Waals surface area contributed by atoms with E-state index in [1.54, 1.807) is 18.7 Å². The van der Waals surface area contributed by atoms with E-state index in [0.717, 1.165) is 40.7 Å². The number of fused-ring (bicyclic) bond motifs is 1. The topological polar surface area (TPSA) is 127 Å². The van der Waals surface area contributed by atoms with Crippen LogP contribution in [-0.2, 0) is 36.9 Å². The van der Waals surface area contributed by atoms with Crippen molar-refractivity contribution in [3.63, 3.8) is 0 Å². The molecule has 2 aromatic carbocycles. The second-order valence-corrected chi connectivity index (χ2v) is 16.0. The molecular weight excluding hydrogens is 711 g/mol. The number of carboxylic acid groups (broad SMARTS) is 1. The lowest BCUT2D eigenvalue weighted by Crippen LogP contribution is -2.52. The number of ketones is 2. The Morgan fingerprint density at radius 3 is 2.31 bits per heavy atom. The third-order valence-corrected chi connectivity index (χ3v) is 11.8. The molecule has 1 aliphatic carbocycles. The minimum atomic E-state index is -1.07. The highest BCUT2D eigenvalue weighted by atomic mass is 35.5. The Hall–Kier alpha value is -3.12. The molecular formula is C38H48Cl2N4O6S. The van der Waals surface area contributed by atoms with Crippen LogP contribution in [0.5, 0.6) is 0 Å². The Morgan fingerprint density at radius 2 is 1.61 bits per heavy atom. The van der Waals surface area contributed by atoms with E-state index in [0.29, 0.717) is 54.9 Å². The van der Waals surface area contributed by atoms with Crippen molar-refractivity contribution in [1.29, 1.82) is 0 Å². The number of hydrogen-bond acceptors (Lipinski definition) is 8. The van der Waals surface area contributed by atoms with Crippen LogP contribution in [0.25, 0.3) is 0 Å². The molecule has 5 rings (SSSR count). The third kappa shape index (κ3) is 10.1.